The van der Waals surface area contributed by atoms with Crippen molar-refractivity contribution in [3.05, 3.63) is 83.8 Å². The molecule has 0 N–H and O–H groups in total. The van der Waals surface area contributed by atoms with E-state index < -0.39 is 0 Å². The van der Waals surface area contributed by atoms with Crippen LogP contribution in [0.2, 0.25) is 0 Å². The lowest BCUT2D eigenvalue weighted by Crippen LogP contribution is -2.23. The Bertz CT molecular complexity index is 1310. The third-order valence-electron chi connectivity index (χ3n) is 5.79. The fourth-order valence-corrected chi connectivity index (χ4v) is 4.89. The van der Waals surface area contributed by atoms with E-state index in [0.717, 1.165) is 41.4 Å². The summed E-state index contributed by atoms with van der Waals surface area (Å²) in [6.45, 7) is 3.24. The van der Waals surface area contributed by atoms with Crippen LogP contribution >= 0.6 is 11.8 Å². The molecule has 1 amide bonds. The van der Waals surface area contributed by atoms with Gasteiger partial charge in [-0.2, -0.15) is 0 Å². The predicted molar refractivity (Wildman–Crippen MR) is 131 cm³/mol. The maximum Gasteiger partial charge on any atom is 0.227 e. The molecule has 2 aromatic heterocycles. The molecule has 1 saturated heterocycles. The zero-order valence-electron chi connectivity index (χ0n) is 18.8. The van der Waals surface area contributed by atoms with E-state index in [1.807, 2.05) is 54.0 Å². The third kappa shape index (κ3) is 4.68. The first kappa shape index (κ1) is 22.2. The Morgan fingerprint density at radius 2 is 1.94 bits per heavy atom. The summed E-state index contributed by atoms with van der Waals surface area (Å²) < 4.78 is 7.53. The van der Waals surface area contributed by atoms with Crippen LogP contribution in [0.5, 0.6) is 0 Å². The first-order valence-electron chi connectivity index (χ1n) is 11.2. The van der Waals surface area contributed by atoms with Crippen LogP contribution in [0.15, 0.2) is 76.5 Å². The van der Waals surface area contributed by atoms with Crippen LogP contribution in [0.25, 0.3) is 11.4 Å². The SMILES string of the molecule is Cc1cccc(-c2nnc(SCC(=O)c3ccc(N4CCCC4=O)cc3)n2Cc2ccco2)c1. The number of aryl methyl sites for hydroxylation is 1. The molecule has 0 bridgehead atoms. The third-order valence-corrected chi connectivity index (χ3v) is 6.76. The van der Waals surface area contributed by atoms with Gasteiger partial charge in [-0.1, -0.05) is 35.5 Å². The summed E-state index contributed by atoms with van der Waals surface area (Å²) in [5.41, 5.74) is 3.55. The lowest BCUT2D eigenvalue weighted by atomic mass is 10.1. The largest absolute Gasteiger partial charge is 0.467 e. The van der Waals surface area contributed by atoms with Gasteiger partial charge >= 0.3 is 0 Å². The Kier molecular flexibility index (Phi) is 6.31. The molecular weight excluding hydrogens is 448 g/mol. The first-order chi connectivity index (χ1) is 16.6. The van der Waals surface area contributed by atoms with Gasteiger partial charge in [-0.25, -0.2) is 0 Å². The number of anilines is 1. The smallest absolute Gasteiger partial charge is 0.227 e. The molecule has 0 spiro atoms. The van der Waals surface area contributed by atoms with Crippen LogP contribution in [0.4, 0.5) is 5.69 Å². The normalized spacial score (nSPS) is 13.6. The average molecular weight is 473 g/mol. The molecule has 8 heteroatoms. The maximum atomic E-state index is 12.9. The Hall–Kier alpha value is -3.65. The summed E-state index contributed by atoms with van der Waals surface area (Å²) >= 11 is 1.36. The molecule has 5 rings (SSSR count). The minimum atomic E-state index is -0.00560. The summed E-state index contributed by atoms with van der Waals surface area (Å²) in [6.07, 6.45) is 3.10. The van der Waals surface area contributed by atoms with Crippen molar-refractivity contribution in [1.29, 1.82) is 0 Å². The molecule has 4 aromatic rings. The number of aromatic nitrogens is 3. The maximum absolute atomic E-state index is 12.9. The van der Waals surface area contributed by atoms with Crippen LogP contribution in [-0.4, -0.2) is 38.8 Å². The van der Waals surface area contributed by atoms with Crippen molar-refractivity contribution >= 4 is 29.1 Å². The Morgan fingerprint density at radius 1 is 1.09 bits per heavy atom. The van der Waals surface area contributed by atoms with Crippen molar-refractivity contribution in [1.82, 2.24) is 14.8 Å². The standard InChI is InChI=1S/C26H24N4O3S/c1-18-5-2-6-20(15-18)25-27-28-26(30(25)16-22-7-4-14-33-22)34-17-23(31)19-9-11-21(12-10-19)29-13-3-8-24(29)32/h2,4-7,9-12,14-15H,3,8,13,16-17H2,1H3. The molecule has 2 aromatic carbocycles. The van der Waals surface area contributed by atoms with Crippen LogP contribution in [-0.2, 0) is 11.3 Å². The van der Waals surface area contributed by atoms with E-state index in [2.05, 4.69) is 16.3 Å². The second kappa shape index (κ2) is 9.69. The number of ketones is 1. The van der Waals surface area contributed by atoms with Crippen molar-refractivity contribution in [2.24, 2.45) is 0 Å². The van der Waals surface area contributed by atoms with Gasteiger partial charge < -0.3 is 9.32 Å². The molecule has 0 saturated carbocycles. The number of Topliss-reactive ketones (excluding diaryl/α,β-unsaturated/α-hetero) is 1. The van der Waals surface area contributed by atoms with Gasteiger partial charge in [-0.05, 0) is 55.8 Å². The second-order valence-electron chi connectivity index (χ2n) is 8.25. The van der Waals surface area contributed by atoms with Crippen molar-refractivity contribution in [2.75, 3.05) is 17.2 Å². The summed E-state index contributed by atoms with van der Waals surface area (Å²) in [7, 11) is 0. The molecule has 1 fully saturated rings. The molecule has 7 nitrogen and oxygen atoms in total. The number of hydrogen-bond donors (Lipinski definition) is 0. The number of furan rings is 1. The van der Waals surface area contributed by atoms with Gasteiger partial charge in [0.25, 0.3) is 0 Å². The van der Waals surface area contributed by atoms with Crippen molar-refractivity contribution in [3.63, 3.8) is 0 Å². The van der Waals surface area contributed by atoms with Crippen LogP contribution in [0, 0.1) is 6.92 Å². The lowest BCUT2D eigenvalue weighted by molar-refractivity contribution is -0.117. The molecular formula is C26H24N4O3S. The van der Waals surface area contributed by atoms with Gasteiger partial charge in [0.1, 0.15) is 5.76 Å². The molecule has 3 heterocycles. The number of thioether (sulfide) groups is 1. The minimum Gasteiger partial charge on any atom is -0.467 e. The highest BCUT2D eigenvalue weighted by molar-refractivity contribution is 7.99. The van der Waals surface area contributed by atoms with E-state index in [1.165, 1.54) is 11.8 Å². The van der Waals surface area contributed by atoms with E-state index >= 15 is 0 Å². The summed E-state index contributed by atoms with van der Waals surface area (Å²) in [6, 6.07) is 19.1. The van der Waals surface area contributed by atoms with Crippen LogP contribution in [0.3, 0.4) is 0 Å². The summed E-state index contributed by atoms with van der Waals surface area (Å²) in [4.78, 5) is 26.6. The van der Waals surface area contributed by atoms with E-state index in [0.29, 0.717) is 23.7 Å². The highest BCUT2D eigenvalue weighted by Gasteiger charge is 2.22. The molecule has 0 aliphatic carbocycles. The molecule has 1 aliphatic rings. The van der Waals surface area contributed by atoms with Gasteiger partial charge in [-0.15, -0.1) is 10.2 Å². The highest BCUT2D eigenvalue weighted by Crippen LogP contribution is 2.27. The number of amides is 1. The quantitative estimate of drug-likeness (QED) is 0.265. The number of carbonyl (C=O) groups excluding carboxylic acids is 2. The minimum absolute atomic E-state index is 0.00560. The molecule has 0 unspecified atom stereocenters. The van der Waals surface area contributed by atoms with Gasteiger partial charge in [0, 0.05) is 29.8 Å². The fourth-order valence-electron chi connectivity index (χ4n) is 4.06. The summed E-state index contributed by atoms with van der Waals surface area (Å²) in [5, 5.41) is 9.46. The molecule has 0 atom stereocenters. The topological polar surface area (TPSA) is 81.2 Å². The number of benzene rings is 2. The van der Waals surface area contributed by atoms with E-state index in [-0.39, 0.29) is 17.4 Å². The summed E-state index contributed by atoms with van der Waals surface area (Å²) in [5.74, 6) is 1.87. The predicted octanol–water partition coefficient (Wildman–Crippen LogP) is 5.00. The second-order valence-corrected chi connectivity index (χ2v) is 9.19. The van der Waals surface area contributed by atoms with Gasteiger partial charge in [-0.3, -0.25) is 14.2 Å². The van der Waals surface area contributed by atoms with E-state index in [1.54, 1.807) is 23.3 Å². The van der Waals surface area contributed by atoms with Gasteiger partial charge in [0.05, 0.1) is 18.6 Å². The van der Waals surface area contributed by atoms with Crippen LogP contribution in [0.1, 0.15) is 34.5 Å². The van der Waals surface area contributed by atoms with Crippen molar-refractivity contribution in [2.45, 2.75) is 31.5 Å². The van der Waals surface area contributed by atoms with Gasteiger partial charge in [0.15, 0.2) is 16.8 Å². The van der Waals surface area contributed by atoms with E-state index in [4.69, 9.17) is 4.42 Å². The Labute approximate surface area is 201 Å². The average Bonchev–Trinajstić information content (AvgIpc) is 3.60. The lowest BCUT2D eigenvalue weighted by Gasteiger charge is -2.15. The number of nitrogens with zero attached hydrogens (tertiary/aromatic N) is 4. The fraction of sp³-hybridized carbons (Fsp3) is 0.231. The van der Waals surface area contributed by atoms with Crippen molar-refractivity contribution < 1.29 is 14.0 Å². The Morgan fingerprint density at radius 3 is 2.65 bits per heavy atom. The zero-order chi connectivity index (χ0) is 23.5. The number of rotatable bonds is 8. The number of hydrogen-bond acceptors (Lipinski definition) is 6. The Balaban J connectivity index is 1.33. The highest BCUT2D eigenvalue weighted by atomic mass is 32.2. The van der Waals surface area contributed by atoms with Crippen molar-refractivity contribution in [3.8, 4) is 11.4 Å². The first-order valence-corrected chi connectivity index (χ1v) is 12.2. The molecule has 1 aliphatic heterocycles. The molecule has 0 radical (unpaired) electrons. The van der Waals surface area contributed by atoms with E-state index in [9.17, 15) is 9.59 Å². The zero-order valence-corrected chi connectivity index (χ0v) is 19.6. The monoisotopic (exact) mass is 472 g/mol. The molecule has 34 heavy (non-hydrogen) atoms. The molecule has 172 valence electrons. The number of carbonyl (C=O) groups is 2. The van der Waals surface area contributed by atoms with Gasteiger partial charge in [0.2, 0.25) is 5.91 Å². The van der Waals surface area contributed by atoms with Crippen LogP contribution < -0.4 is 4.90 Å².